The Morgan fingerprint density at radius 1 is 1.08 bits per heavy atom. The van der Waals surface area contributed by atoms with Crippen LogP contribution < -0.4 is 4.74 Å². The van der Waals surface area contributed by atoms with Crippen LogP contribution in [0.25, 0.3) is 10.9 Å². The Morgan fingerprint density at radius 2 is 1.92 bits per heavy atom. The summed E-state index contributed by atoms with van der Waals surface area (Å²) in [6, 6.07) is 18.0. The largest absolute Gasteiger partial charge is 0.481 e. The zero-order valence-electron chi connectivity index (χ0n) is 13.3. The quantitative estimate of drug-likeness (QED) is 0.569. The molecule has 0 aliphatic carbocycles. The Bertz CT molecular complexity index is 1000. The van der Waals surface area contributed by atoms with Crippen molar-refractivity contribution >= 4 is 26.8 Å². The molecule has 2 aromatic heterocycles. The first-order valence-electron chi connectivity index (χ1n) is 7.69. The average molecular weight is 396 g/mol. The molecule has 1 unspecified atom stereocenters. The first kappa shape index (κ1) is 15.7. The minimum atomic E-state index is -0.231. The van der Waals surface area contributed by atoms with Crippen molar-refractivity contribution in [3.05, 3.63) is 76.0 Å². The molecule has 0 bridgehead atoms. The second-order valence-electron chi connectivity index (χ2n) is 5.54. The van der Waals surface area contributed by atoms with Crippen molar-refractivity contribution in [2.45, 2.75) is 5.92 Å². The Hall–Kier alpha value is -2.80. The molecule has 4 rings (SSSR count). The van der Waals surface area contributed by atoms with Crippen LogP contribution in [-0.4, -0.2) is 32.7 Å². The summed E-state index contributed by atoms with van der Waals surface area (Å²) in [5.74, 6) is 0.889. The number of pyridine rings is 1. The third kappa shape index (κ3) is 2.98. The summed E-state index contributed by atoms with van der Waals surface area (Å²) in [5, 5.41) is 15.7. The van der Waals surface area contributed by atoms with Gasteiger partial charge in [0.05, 0.1) is 18.5 Å². The third-order valence-corrected chi connectivity index (χ3v) is 4.52. The third-order valence-electron chi connectivity index (χ3n) is 4.03. The van der Waals surface area contributed by atoms with Crippen molar-refractivity contribution < 1.29 is 4.74 Å². The number of rotatable bonds is 4. The molecule has 7 heteroatoms. The van der Waals surface area contributed by atoms with E-state index in [1.54, 1.807) is 7.11 Å². The molecule has 6 nitrogen and oxygen atoms in total. The fourth-order valence-electron chi connectivity index (χ4n) is 2.92. The number of halogens is 1. The van der Waals surface area contributed by atoms with Gasteiger partial charge in [-0.05, 0) is 29.8 Å². The minimum absolute atomic E-state index is 0.231. The van der Waals surface area contributed by atoms with Gasteiger partial charge in [0, 0.05) is 15.4 Å². The van der Waals surface area contributed by atoms with Crippen LogP contribution in [0, 0.1) is 0 Å². The monoisotopic (exact) mass is 395 g/mol. The Kier molecular flexibility index (Phi) is 4.15. The molecule has 124 valence electrons. The molecule has 0 radical (unpaired) electrons. The van der Waals surface area contributed by atoms with Gasteiger partial charge in [0.25, 0.3) is 0 Å². The zero-order chi connectivity index (χ0) is 17.2. The molecular formula is C18H14BrN5O. The maximum atomic E-state index is 5.58. The zero-order valence-corrected chi connectivity index (χ0v) is 14.9. The van der Waals surface area contributed by atoms with Gasteiger partial charge < -0.3 is 4.74 Å². The van der Waals surface area contributed by atoms with E-state index in [9.17, 15) is 0 Å². The highest BCUT2D eigenvalue weighted by Gasteiger charge is 2.25. The van der Waals surface area contributed by atoms with E-state index < -0.39 is 0 Å². The number of fused-ring (bicyclic) bond motifs is 1. The number of aromatic nitrogens is 5. The summed E-state index contributed by atoms with van der Waals surface area (Å²) in [6.45, 7) is 0. The van der Waals surface area contributed by atoms with Crippen LogP contribution >= 0.6 is 15.9 Å². The van der Waals surface area contributed by atoms with Crippen LogP contribution in [-0.2, 0) is 0 Å². The van der Waals surface area contributed by atoms with Crippen molar-refractivity contribution in [3.8, 4) is 5.88 Å². The second-order valence-corrected chi connectivity index (χ2v) is 6.45. The van der Waals surface area contributed by atoms with Crippen LogP contribution in [0.5, 0.6) is 5.88 Å². The van der Waals surface area contributed by atoms with E-state index in [1.165, 1.54) is 0 Å². The number of nitrogens with zero attached hydrogens (tertiary/aromatic N) is 4. The van der Waals surface area contributed by atoms with Gasteiger partial charge in [-0.15, -0.1) is 10.2 Å². The number of nitrogens with one attached hydrogen (secondary N) is 1. The lowest BCUT2D eigenvalue weighted by Gasteiger charge is -2.17. The molecule has 0 saturated heterocycles. The van der Waals surface area contributed by atoms with E-state index in [2.05, 4.69) is 47.6 Å². The molecular weight excluding hydrogens is 382 g/mol. The summed E-state index contributed by atoms with van der Waals surface area (Å²) >= 11 is 3.51. The average Bonchev–Trinajstić information content (AvgIpc) is 3.16. The standard InChI is InChI=1S/C18H14BrN5O/c1-25-18-14(10-12-9-13(19)7-8-15(12)20-18)16(17-21-23-24-22-17)11-5-3-2-4-6-11/h2-10,16H,1H3,(H,21,22,23,24). The van der Waals surface area contributed by atoms with Crippen LogP contribution in [0.2, 0.25) is 0 Å². The predicted octanol–water partition coefficient (Wildman–Crippen LogP) is 3.70. The summed E-state index contributed by atoms with van der Waals surface area (Å²) < 4.78 is 6.57. The van der Waals surface area contributed by atoms with Crippen molar-refractivity contribution in [1.82, 2.24) is 25.6 Å². The highest BCUT2D eigenvalue weighted by Crippen LogP contribution is 2.36. The molecule has 1 atom stereocenters. The van der Waals surface area contributed by atoms with Gasteiger partial charge in [-0.1, -0.05) is 51.5 Å². The van der Waals surface area contributed by atoms with Gasteiger partial charge in [0.2, 0.25) is 5.88 Å². The maximum absolute atomic E-state index is 5.58. The highest BCUT2D eigenvalue weighted by atomic mass is 79.9. The minimum Gasteiger partial charge on any atom is -0.481 e. The number of hydrogen-bond acceptors (Lipinski definition) is 5. The predicted molar refractivity (Wildman–Crippen MR) is 97.6 cm³/mol. The fraction of sp³-hybridized carbons (Fsp3) is 0.111. The summed E-state index contributed by atoms with van der Waals surface area (Å²) in [4.78, 5) is 4.66. The summed E-state index contributed by atoms with van der Waals surface area (Å²) in [5.41, 5.74) is 2.79. The lowest BCUT2D eigenvalue weighted by molar-refractivity contribution is 0.393. The molecule has 0 saturated carbocycles. The first-order valence-corrected chi connectivity index (χ1v) is 8.48. The van der Waals surface area contributed by atoms with E-state index in [-0.39, 0.29) is 5.92 Å². The Morgan fingerprint density at radius 3 is 2.64 bits per heavy atom. The molecule has 1 N–H and O–H groups in total. The van der Waals surface area contributed by atoms with Crippen molar-refractivity contribution in [2.75, 3.05) is 7.11 Å². The lowest BCUT2D eigenvalue weighted by atomic mass is 9.90. The summed E-state index contributed by atoms with van der Waals surface area (Å²) in [7, 11) is 1.62. The number of methoxy groups -OCH3 is 1. The van der Waals surface area contributed by atoms with E-state index in [4.69, 9.17) is 4.74 Å². The number of hydrogen-bond donors (Lipinski definition) is 1. The van der Waals surface area contributed by atoms with Crippen LogP contribution in [0.15, 0.2) is 59.1 Å². The number of aromatic amines is 1. The van der Waals surface area contributed by atoms with Gasteiger partial charge in [0.1, 0.15) is 0 Å². The van der Waals surface area contributed by atoms with E-state index >= 15 is 0 Å². The van der Waals surface area contributed by atoms with Crippen molar-refractivity contribution in [1.29, 1.82) is 0 Å². The molecule has 0 fully saturated rings. The van der Waals surface area contributed by atoms with Gasteiger partial charge in [-0.25, -0.2) is 4.98 Å². The normalized spacial score (nSPS) is 12.2. The maximum Gasteiger partial charge on any atom is 0.217 e. The topological polar surface area (TPSA) is 76.6 Å². The Balaban J connectivity index is 1.97. The number of tetrazole rings is 1. The van der Waals surface area contributed by atoms with E-state index in [0.29, 0.717) is 11.7 Å². The van der Waals surface area contributed by atoms with Gasteiger partial charge in [-0.3, -0.25) is 0 Å². The number of benzene rings is 2. The SMILES string of the molecule is COc1nc2ccc(Br)cc2cc1C(c1ccccc1)c1nn[nH]n1. The molecule has 0 aliphatic rings. The second kappa shape index (κ2) is 6.60. The van der Waals surface area contributed by atoms with E-state index in [0.717, 1.165) is 26.5 Å². The van der Waals surface area contributed by atoms with E-state index in [1.807, 2.05) is 48.5 Å². The first-order chi connectivity index (χ1) is 12.3. The molecule has 2 heterocycles. The smallest absolute Gasteiger partial charge is 0.217 e. The van der Waals surface area contributed by atoms with Gasteiger partial charge in [0.15, 0.2) is 5.82 Å². The van der Waals surface area contributed by atoms with Crippen molar-refractivity contribution in [3.63, 3.8) is 0 Å². The van der Waals surface area contributed by atoms with Crippen LogP contribution in [0.1, 0.15) is 22.9 Å². The molecule has 0 aliphatic heterocycles. The molecule has 4 aromatic rings. The fourth-order valence-corrected chi connectivity index (χ4v) is 3.30. The highest BCUT2D eigenvalue weighted by molar-refractivity contribution is 9.10. The van der Waals surface area contributed by atoms with Gasteiger partial charge in [-0.2, -0.15) is 5.21 Å². The molecule has 0 spiro atoms. The Labute approximate surface area is 152 Å². The van der Waals surface area contributed by atoms with Gasteiger partial charge >= 0.3 is 0 Å². The van der Waals surface area contributed by atoms with Crippen LogP contribution in [0.3, 0.4) is 0 Å². The van der Waals surface area contributed by atoms with Crippen LogP contribution in [0.4, 0.5) is 0 Å². The summed E-state index contributed by atoms with van der Waals surface area (Å²) in [6.07, 6.45) is 0. The lowest BCUT2D eigenvalue weighted by Crippen LogP contribution is -2.09. The molecule has 25 heavy (non-hydrogen) atoms. The molecule has 0 amide bonds. The number of ether oxygens (including phenoxy) is 1. The number of H-pyrrole nitrogens is 1. The molecule has 2 aromatic carbocycles. The van der Waals surface area contributed by atoms with Crippen molar-refractivity contribution in [2.24, 2.45) is 0 Å².